The Hall–Kier alpha value is -1.83. The molecule has 3 atom stereocenters. The third-order valence-electron chi connectivity index (χ3n) is 4.82. The highest BCUT2D eigenvalue weighted by atomic mass is 16.5. The number of hydrogen-bond donors (Lipinski definition) is 1. The molecule has 1 saturated heterocycles. The summed E-state index contributed by atoms with van der Waals surface area (Å²) in [5.74, 6) is 0. The van der Waals surface area contributed by atoms with Gasteiger partial charge in [-0.25, -0.2) is 0 Å². The summed E-state index contributed by atoms with van der Waals surface area (Å²) in [6, 6.07) is 2.63. The standard InChI is InChI=1S/C18H28N6O/c1-4-24-9-10-25-17(18(24)16-5-6-22-23(16)3)13-21-14(2)11-15-12-19-7-8-20-15/h5-8,12,14,17-18,21H,4,9-11,13H2,1-3H3/t14?,17-,18-/m0/s1. The van der Waals surface area contributed by atoms with E-state index in [0.29, 0.717) is 6.04 Å². The van der Waals surface area contributed by atoms with Crippen molar-refractivity contribution in [2.24, 2.45) is 7.05 Å². The van der Waals surface area contributed by atoms with Crippen LogP contribution in [0.15, 0.2) is 30.9 Å². The predicted octanol–water partition coefficient (Wildman–Crippen LogP) is 1.19. The van der Waals surface area contributed by atoms with Gasteiger partial charge in [-0.3, -0.25) is 19.5 Å². The van der Waals surface area contributed by atoms with Crippen molar-refractivity contribution in [1.29, 1.82) is 0 Å². The summed E-state index contributed by atoms with van der Waals surface area (Å²) in [4.78, 5) is 11.0. The number of aryl methyl sites for hydroxylation is 1. The first-order valence-corrected chi connectivity index (χ1v) is 9.01. The fraction of sp³-hybridized carbons (Fsp3) is 0.611. The quantitative estimate of drug-likeness (QED) is 0.814. The number of hydrogen-bond acceptors (Lipinski definition) is 6. The third-order valence-corrected chi connectivity index (χ3v) is 4.82. The van der Waals surface area contributed by atoms with E-state index in [1.165, 1.54) is 5.69 Å². The van der Waals surface area contributed by atoms with E-state index in [2.05, 4.69) is 45.2 Å². The second kappa shape index (κ2) is 8.51. The summed E-state index contributed by atoms with van der Waals surface area (Å²) in [6.07, 6.45) is 8.09. The van der Waals surface area contributed by atoms with Gasteiger partial charge in [0.15, 0.2) is 0 Å². The molecular weight excluding hydrogens is 316 g/mol. The number of likely N-dealkylation sites (N-methyl/N-ethyl adjacent to an activating group) is 1. The van der Waals surface area contributed by atoms with Crippen LogP contribution in [0.3, 0.4) is 0 Å². The molecule has 3 rings (SSSR count). The minimum Gasteiger partial charge on any atom is -0.374 e. The lowest BCUT2D eigenvalue weighted by molar-refractivity contribution is -0.0724. The fourth-order valence-electron chi connectivity index (χ4n) is 3.50. The van der Waals surface area contributed by atoms with E-state index in [1.54, 1.807) is 12.4 Å². The monoisotopic (exact) mass is 344 g/mol. The lowest BCUT2D eigenvalue weighted by Gasteiger charge is -2.41. The van der Waals surface area contributed by atoms with Gasteiger partial charge >= 0.3 is 0 Å². The smallest absolute Gasteiger partial charge is 0.0911 e. The normalized spacial score (nSPS) is 22.8. The number of ether oxygens (including phenoxy) is 1. The molecule has 25 heavy (non-hydrogen) atoms. The summed E-state index contributed by atoms with van der Waals surface area (Å²) >= 11 is 0. The average molecular weight is 344 g/mol. The fourth-order valence-corrected chi connectivity index (χ4v) is 3.50. The molecular formula is C18H28N6O. The van der Waals surface area contributed by atoms with Gasteiger partial charge in [0.25, 0.3) is 0 Å². The zero-order valence-electron chi connectivity index (χ0n) is 15.3. The zero-order chi connectivity index (χ0) is 17.6. The van der Waals surface area contributed by atoms with Crippen LogP contribution >= 0.6 is 0 Å². The molecule has 0 aromatic carbocycles. The van der Waals surface area contributed by atoms with E-state index in [4.69, 9.17) is 4.74 Å². The Morgan fingerprint density at radius 3 is 2.92 bits per heavy atom. The van der Waals surface area contributed by atoms with Crippen LogP contribution < -0.4 is 5.32 Å². The van der Waals surface area contributed by atoms with E-state index in [9.17, 15) is 0 Å². The van der Waals surface area contributed by atoms with Gasteiger partial charge in [0.2, 0.25) is 0 Å². The molecule has 0 spiro atoms. The molecule has 0 saturated carbocycles. The van der Waals surface area contributed by atoms with Crippen molar-refractivity contribution in [1.82, 2.24) is 30.0 Å². The first kappa shape index (κ1) is 18.0. The van der Waals surface area contributed by atoms with Crippen molar-refractivity contribution < 1.29 is 4.74 Å². The summed E-state index contributed by atoms with van der Waals surface area (Å²) < 4.78 is 8.09. The topological polar surface area (TPSA) is 68.1 Å². The van der Waals surface area contributed by atoms with Crippen LogP contribution in [0.2, 0.25) is 0 Å². The molecule has 2 aromatic heterocycles. The lowest BCUT2D eigenvalue weighted by atomic mass is 10.0. The minimum absolute atomic E-state index is 0.105. The van der Waals surface area contributed by atoms with Crippen LogP contribution in [-0.4, -0.2) is 63.0 Å². The van der Waals surface area contributed by atoms with Crippen molar-refractivity contribution in [3.63, 3.8) is 0 Å². The Kier molecular flexibility index (Phi) is 6.12. The molecule has 1 aliphatic heterocycles. The molecule has 136 valence electrons. The van der Waals surface area contributed by atoms with E-state index in [-0.39, 0.29) is 12.1 Å². The summed E-state index contributed by atoms with van der Waals surface area (Å²) in [6.45, 7) is 7.91. The van der Waals surface area contributed by atoms with E-state index in [1.807, 2.05) is 24.1 Å². The maximum atomic E-state index is 6.13. The molecule has 1 unspecified atom stereocenters. The summed E-state index contributed by atoms with van der Waals surface area (Å²) in [5.41, 5.74) is 2.21. The van der Waals surface area contributed by atoms with Crippen molar-refractivity contribution in [3.05, 3.63) is 42.2 Å². The van der Waals surface area contributed by atoms with Gasteiger partial charge in [0.1, 0.15) is 0 Å². The summed E-state index contributed by atoms with van der Waals surface area (Å²) in [5, 5.41) is 7.95. The molecule has 0 amide bonds. The van der Waals surface area contributed by atoms with Gasteiger partial charge < -0.3 is 10.1 Å². The third kappa shape index (κ3) is 4.42. The second-order valence-corrected chi connectivity index (χ2v) is 6.57. The van der Waals surface area contributed by atoms with E-state index < -0.39 is 0 Å². The van der Waals surface area contributed by atoms with Crippen molar-refractivity contribution in [3.8, 4) is 0 Å². The van der Waals surface area contributed by atoms with E-state index >= 15 is 0 Å². The first-order valence-electron chi connectivity index (χ1n) is 9.01. The lowest BCUT2D eigenvalue weighted by Crippen LogP contribution is -2.50. The predicted molar refractivity (Wildman–Crippen MR) is 96.1 cm³/mol. The molecule has 2 aromatic rings. The highest BCUT2D eigenvalue weighted by molar-refractivity contribution is 5.11. The minimum atomic E-state index is 0.105. The average Bonchev–Trinajstić information content (AvgIpc) is 3.06. The molecule has 7 heteroatoms. The van der Waals surface area contributed by atoms with Crippen LogP contribution in [-0.2, 0) is 18.2 Å². The van der Waals surface area contributed by atoms with Crippen molar-refractivity contribution >= 4 is 0 Å². The molecule has 0 radical (unpaired) electrons. The highest BCUT2D eigenvalue weighted by Crippen LogP contribution is 2.28. The van der Waals surface area contributed by atoms with Gasteiger partial charge in [0.05, 0.1) is 30.1 Å². The SMILES string of the molecule is CCN1CCO[C@@H](CNC(C)Cc2cnccn2)[C@@H]1c1ccnn1C. The molecule has 0 bridgehead atoms. The Bertz CT molecular complexity index is 646. The summed E-state index contributed by atoms with van der Waals surface area (Å²) in [7, 11) is 2.00. The Morgan fingerprint density at radius 2 is 2.24 bits per heavy atom. The Morgan fingerprint density at radius 1 is 1.36 bits per heavy atom. The maximum absolute atomic E-state index is 6.13. The van der Waals surface area contributed by atoms with Gasteiger partial charge in [-0.2, -0.15) is 5.10 Å². The maximum Gasteiger partial charge on any atom is 0.0911 e. The van der Waals surface area contributed by atoms with Crippen LogP contribution in [0, 0.1) is 0 Å². The Balaban J connectivity index is 1.64. The molecule has 1 N–H and O–H groups in total. The highest BCUT2D eigenvalue weighted by Gasteiger charge is 2.34. The van der Waals surface area contributed by atoms with Gasteiger partial charge in [0, 0.05) is 57.4 Å². The second-order valence-electron chi connectivity index (χ2n) is 6.57. The molecule has 1 aliphatic rings. The van der Waals surface area contributed by atoms with E-state index in [0.717, 1.165) is 38.4 Å². The van der Waals surface area contributed by atoms with Gasteiger partial charge in [-0.05, 0) is 19.5 Å². The van der Waals surface area contributed by atoms with Gasteiger partial charge in [-0.1, -0.05) is 6.92 Å². The zero-order valence-corrected chi connectivity index (χ0v) is 15.3. The van der Waals surface area contributed by atoms with Crippen molar-refractivity contribution in [2.75, 3.05) is 26.2 Å². The van der Waals surface area contributed by atoms with Gasteiger partial charge in [-0.15, -0.1) is 0 Å². The number of aromatic nitrogens is 4. The number of rotatable bonds is 7. The number of nitrogens with one attached hydrogen (secondary N) is 1. The van der Waals surface area contributed by atoms with Crippen LogP contribution in [0.5, 0.6) is 0 Å². The largest absolute Gasteiger partial charge is 0.374 e. The molecule has 7 nitrogen and oxygen atoms in total. The molecule has 1 fully saturated rings. The molecule has 0 aliphatic carbocycles. The van der Waals surface area contributed by atoms with Crippen LogP contribution in [0.25, 0.3) is 0 Å². The van der Waals surface area contributed by atoms with Crippen molar-refractivity contribution in [2.45, 2.75) is 38.5 Å². The van der Waals surface area contributed by atoms with Crippen LogP contribution in [0.4, 0.5) is 0 Å². The number of morpholine rings is 1. The first-order chi connectivity index (χ1) is 12.2. The number of nitrogens with zero attached hydrogens (tertiary/aromatic N) is 5. The van der Waals surface area contributed by atoms with Crippen LogP contribution in [0.1, 0.15) is 31.3 Å². The Labute approximate surface area is 149 Å². The molecule has 3 heterocycles.